The summed E-state index contributed by atoms with van der Waals surface area (Å²) in [6.07, 6.45) is 0. The van der Waals surface area contributed by atoms with Gasteiger partial charge in [0, 0.05) is 17.0 Å². The molecule has 0 unspecified atom stereocenters. The fraction of sp³-hybridized carbons (Fsp3) is 0.545. The topological polar surface area (TPSA) is 91.4 Å². The molecular formula is C11H15N5S. The molecule has 2 N–H and O–H groups in total. The third kappa shape index (κ3) is 3.40. The number of imidazole rings is 1. The third-order valence-electron chi connectivity index (χ3n) is 2.06. The van der Waals surface area contributed by atoms with Gasteiger partial charge in [0.05, 0.1) is 0 Å². The van der Waals surface area contributed by atoms with E-state index in [1.807, 2.05) is 12.1 Å². The maximum absolute atomic E-state index is 8.98. The van der Waals surface area contributed by atoms with Crippen molar-refractivity contribution in [3.8, 4) is 12.1 Å². The summed E-state index contributed by atoms with van der Waals surface area (Å²) in [6.45, 7) is 6.97. The standard InChI is InChI=1S/C11H15N5S/c1-11(2,3)17-5-4-16-9(7-13)8(6-12)15-10(16)14/h4-5H2,1-3H3,(H2,14,15). The van der Waals surface area contributed by atoms with E-state index in [2.05, 4.69) is 25.8 Å². The van der Waals surface area contributed by atoms with Crippen molar-refractivity contribution in [3.05, 3.63) is 11.4 Å². The molecule has 0 spiro atoms. The zero-order chi connectivity index (χ0) is 13.1. The van der Waals surface area contributed by atoms with Crippen LogP contribution in [0.25, 0.3) is 0 Å². The van der Waals surface area contributed by atoms with Gasteiger partial charge in [0.15, 0.2) is 11.4 Å². The summed E-state index contributed by atoms with van der Waals surface area (Å²) < 4.78 is 1.76. The third-order valence-corrected chi connectivity index (χ3v) is 3.31. The first-order valence-corrected chi connectivity index (χ1v) is 6.17. The second-order valence-corrected chi connectivity index (χ2v) is 6.42. The molecule has 1 aromatic rings. The molecule has 0 atom stereocenters. The highest BCUT2D eigenvalue weighted by Gasteiger charge is 2.16. The Labute approximate surface area is 105 Å². The minimum Gasteiger partial charge on any atom is -0.369 e. The second-order valence-electron chi connectivity index (χ2n) is 4.50. The first-order chi connectivity index (χ1) is 7.89. The molecule has 0 bridgehead atoms. The lowest BCUT2D eigenvalue weighted by molar-refractivity contribution is 0.754. The van der Waals surface area contributed by atoms with Crippen molar-refractivity contribution < 1.29 is 0 Å². The quantitative estimate of drug-likeness (QED) is 0.881. The summed E-state index contributed by atoms with van der Waals surface area (Å²) in [6, 6.07) is 3.85. The Hall–Kier alpha value is -1.66. The van der Waals surface area contributed by atoms with Gasteiger partial charge in [0.2, 0.25) is 5.95 Å². The van der Waals surface area contributed by atoms with Gasteiger partial charge in [0.25, 0.3) is 0 Å². The lowest BCUT2D eigenvalue weighted by Gasteiger charge is -2.17. The van der Waals surface area contributed by atoms with Gasteiger partial charge in [-0.15, -0.1) is 0 Å². The van der Waals surface area contributed by atoms with Gasteiger partial charge < -0.3 is 10.3 Å². The van der Waals surface area contributed by atoms with Gasteiger partial charge in [-0.3, -0.25) is 0 Å². The monoisotopic (exact) mass is 249 g/mol. The Balaban J connectivity index is 2.82. The van der Waals surface area contributed by atoms with Gasteiger partial charge in [-0.2, -0.15) is 22.3 Å². The van der Waals surface area contributed by atoms with Crippen molar-refractivity contribution in [2.24, 2.45) is 0 Å². The fourth-order valence-electron chi connectivity index (χ4n) is 1.33. The lowest BCUT2D eigenvalue weighted by atomic mass is 10.3. The minimum atomic E-state index is 0.103. The number of nitriles is 2. The normalized spacial score (nSPS) is 10.9. The Morgan fingerprint density at radius 1 is 1.35 bits per heavy atom. The average molecular weight is 249 g/mol. The summed E-state index contributed by atoms with van der Waals surface area (Å²) in [7, 11) is 0. The smallest absolute Gasteiger partial charge is 0.202 e. The van der Waals surface area contributed by atoms with E-state index in [0.29, 0.717) is 6.54 Å². The summed E-state index contributed by atoms with van der Waals surface area (Å²) in [4.78, 5) is 3.86. The van der Waals surface area contributed by atoms with E-state index in [0.717, 1.165) is 5.75 Å². The molecule has 1 heterocycles. The fourth-order valence-corrected chi connectivity index (χ4v) is 2.22. The van der Waals surface area contributed by atoms with Crippen LogP contribution in [0, 0.1) is 22.7 Å². The molecule has 0 aromatic carbocycles. The maximum atomic E-state index is 8.98. The minimum absolute atomic E-state index is 0.103. The van der Waals surface area contributed by atoms with E-state index in [4.69, 9.17) is 16.3 Å². The van der Waals surface area contributed by atoms with Crippen LogP contribution >= 0.6 is 11.8 Å². The molecule has 0 aliphatic rings. The highest BCUT2D eigenvalue weighted by molar-refractivity contribution is 8.00. The predicted molar refractivity (Wildman–Crippen MR) is 68.3 cm³/mol. The van der Waals surface area contributed by atoms with Crippen LogP contribution in [0.3, 0.4) is 0 Å². The molecule has 0 aliphatic carbocycles. The average Bonchev–Trinajstić information content (AvgIpc) is 2.53. The molecule has 1 rings (SSSR count). The summed E-state index contributed by atoms with van der Waals surface area (Å²) in [5.41, 5.74) is 6.04. The molecule has 0 fully saturated rings. The molecular weight excluding hydrogens is 234 g/mol. The number of nitrogens with two attached hydrogens (primary N) is 1. The molecule has 0 amide bonds. The van der Waals surface area contributed by atoms with Gasteiger partial charge in [0.1, 0.15) is 12.1 Å². The number of aromatic nitrogens is 2. The van der Waals surface area contributed by atoms with Gasteiger partial charge in [-0.1, -0.05) is 20.8 Å². The van der Waals surface area contributed by atoms with Gasteiger partial charge >= 0.3 is 0 Å². The molecule has 90 valence electrons. The number of thioether (sulfide) groups is 1. The van der Waals surface area contributed by atoms with E-state index in [1.165, 1.54) is 0 Å². The van der Waals surface area contributed by atoms with Crippen molar-refractivity contribution in [2.45, 2.75) is 32.1 Å². The number of anilines is 1. The number of hydrogen-bond acceptors (Lipinski definition) is 5. The highest BCUT2D eigenvalue weighted by Crippen LogP contribution is 2.24. The molecule has 1 aromatic heterocycles. The molecule has 0 saturated carbocycles. The van der Waals surface area contributed by atoms with Gasteiger partial charge in [-0.25, -0.2) is 4.98 Å². The number of rotatable bonds is 3. The Morgan fingerprint density at radius 2 is 2.00 bits per heavy atom. The summed E-state index contributed by atoms with van der Waals surface area (Å²) in [5.74, 6) is 1.05. The SMILES string of the molecule is CC(C)(C)SCCn1c(N)nc(C#N)c1C#N. The Bertz CT molecular complexity index is 484. The van der Waals surface area contributed by atoms with Crippen molar-refractivity contribution in [1.29, 1.82) is 10.5 Å². The Morgan fingerprint density at radius 3 is 2.47 bits per heavy atom. The molecule has 0 saturated heterocycles. The first-order valence-electron chi connectivity index (χ1n) is 5.19. The molecule has 6 heteroatoms. The van der Waals surface area contributed by atoms with Crippen molar-refractivity contribution in [1.82, 2.24) is 9.55 Å². The van der Waals surface area contributed by atoms with Crippen LogP contribution in [0.5, 0.6) is 0 Å². The van der Waals surface area contributed by atoms with Crippen LogP contribution in [0.1, 0.15) is 32.2 Å². The highest BCUT2D eigenvalue weighted by atomic mass is 32.2. The predicted octanol–water partition coefficient (Wildman–Crippen LogP) is 1.74. The first kappa shape index (κ1) is 13.4. The molecule has 0 aliphatic heterocycles. The summed E-state index contributed by atoms with van der Waals surface area (Å²) >= 11 is 1.78. The number of nitrogens with zero attached hydrogens (tertiary/aromatic N) is 4. The Kier molecular flexibility index (Phi) is 4.03. The maximum Gasteiger partial charge on any atom is 0.202 e. The lowest BCUT2D eigenvalue weighted by Crippen LogP contribution is -2.13. The summed E-state index contributed by atoms with van der Waals surface area (Å²) in [5, 5.41) is 17.8. The van der Waals surface area contributed by atoms with Crippen LogP contribution in [-0.2, 0) is 6.54 Å². The molecule has 0 radical (unpaired) electrons. The number of hydrogen-bond donors (Lipinski definition) is 1. The van der Waals surface area contributed by atoms with E-state index in [9.17, 15) is 0 Å². The van der Waals surface area contributed by atoms with Crippen LogP contribution in [0.2, 0.25) is 0 Å². The van der Waals surface area contributed by atoms with Gasteiger partial charge in [-0.05, 0) is 0 Å². The second kappa shape index (κ2) is 5.11. The zero-order valence-electron chi connectivity index (χ0n) is 10.2. The van der Waals surface area contributed by atoms with E-state index >= 15 is 0 Å². The van der Waals surface area contributed by atoms with Crippen LogP contribution in [0.4, 0.5) is 5.95 Å². The van der Waals surface area contributed by atoms with E-state index < -0.39 is 0 Å². The van der Waals surface area contributed by atoms with Crippen molar-refractivity contribution >= 4 is 17.7 Å². The van der Waals surface area contributed by atoms with E-state index in [-0.39, 0.29) is 22.1 Å². The molecule has 17 heavy (non-hydrogen) atoms. The largest absolute Gasteiger partial charge is 0.369 e. The molecule has 5 nitrogen and oxygen atoms in total. The van der Waals surface area contributed by atoms with Crippen molar-refractivity contribution in [3.63, 3.8) is 0 Å². The zero-order valence-corrected chi connectivity index (χ0v) is 11.0. The van der Waals surface area contributed by atoms with Crippen LogP contribution in [-0.4, -0.2) is 20.1 Å². The number of nitrogen functional groups attached to an aromatic ring is 1. The van der Waals surface area contributed by atoms with Crippen molar-refractivity contribution in [2.75, 3.05) is 11.5 Å². The van der Waals surface area contributed by atoms with Crippen LogP contribution in [0.15, 0.2) is 0 Å². The van der Waals surface area contributed by atoms with E-state index in [1.54, 1.807) is 16.3 Å². The van der Waals surface area contributed by atoms with Crippen LogP contribution < -0.4 is 5.73 Å².